The Labute approximate surface area is 109 Å². The van der Waals surface area contributed by atoms with Crippen molar-refractivity contribution in [1.82, 2.24) is 4.98 Å². The van der Waals surface area contributed by atoms with E-state index in [1.165, 1.54) is 10.9 Å². The van der Waals surface area contributed by atoms with Crippen LogP contribution in [0.5, 0.6) is 0 Å². The molecule has 0 saturated carbocycles. The van der Waals surface area contributed by atoms with Gasteiger partial charge >= 0.3 is 5.69 Å². The Morgan fingerprint density at radius 2 is 2.11 bits per heavy atom. The number of pyridine rings is 1. The van der Waals surface area contributed by atoms with Gasteiger partial charge in [-0.15, -0.1) is 11.3 Å². The Kier molecular flexibility index (Phi) is 3.57. The first-order chi connectivity index (χ1) is 8.56. The molecule has 0 unspecified atom stereocenters. The Morgan fingerprint density at radius 1 is 1.33 bits per heavy atom. The van der Waals surface area contributed by atoms with Crippen LogP contribution in [-0.4, -0.2) is 9.91 Å². The van der Waals surface area contributed by atoms with Gasteiger partial charge in [-0.3, -0.25) is 10.1 Å². The smallest absolute Gasteiger partial charge is 0.311 e. The number of nitrogens with one attached hydrogen (secondary N) is 1. The number of hydrogen-bond acceptors (Lipinski definition) is 5. The first kappa shape index (κ1) is 12.5. The number of aromatic nitrogens is 1. The summed E-state index contributed by atoms with van der Waals surface area (Å²) in [6.07, 6.45) is 0. The minimum atomic E-state index is -0.422. The van der Waals surface area contributed by atoms with E-state index in [-0.39, 0.29) is 5.69 Å². The molecule has 0 saturated heterocycles. The van der Waals surface area contributed by atoms with Crippen LogP contribution >= 0.6 is 11.3 Å². The van der Waals surface area contributed by atoms with Gasteiger partial charge in [-0.2, -0.15) is 0 Å². The lowest BCUT2D eigenvalue weighted by molar-refractivity contribution is -0.384. The zero-order valence-corrected chi connectivity index (χ0v) is 11.0. The van der Waals surface area contributed by atoms with E-state index < -0.39 is 4.92 Å². The molecule has 2 aromatic heterocycles. The summed E-state index contributed by atoms with van der Waals surface area (Å²) in [6, 6.07) is 7.15. The molecule has 0 spiro atoms. The highest BCUT2D eigenvalue weighted by Gasteiger charge is 2.14. The molecule has 0 atom stereocenters. The fourth-order valence-corrected chi connectivity index (χ4v) is 2.41. The summed E-state index contributed by atoms with van der Waals surface area (Å²) < 4.78 is 0. The monoisotopic (exact) mass is 263 g/mol. The molecule has 0 bridgehead atoms. The average Bonchev–Trinajstić information content (AvgIpc) is 2.72. The van der Waals surface area contributed by atoms with Crippen molar-refractivity contribution in [2.75, 3.05) is 5.32 Å². The highest BCUT2D eigenvalue weighted by atomic mass is 32.1. The van der Waals surface area contributed by atoms with Gasteiger partial charge in [0.15, 0.2) is 0 Å². The van der Waals surface area contributed by atoms with Gasteiger partial charge in [0.2, 0.25) is 5.82 Å². The maximum Gasteiger partial charge on any atom is 0.311 e. The Balaban J connectivity index is 2.17. The fraction of sp³-hybridized carbons (Fsp3) is 0.250. The topological polar surface area (TPSA) is 68.1 Å². The molecule has 94 valence electrons. The molecule has 1 N–H and O–H groups in total. The third-order valence-electron chi connectivity index (χ3n) is 2.44. The van der Waals surface area contributed by atoms with E-state index in [9.17, 15) is 10.1 Å². The summed E-state index contributed by atoms with van der Waals surface area (Å²) in [4.78, 5) is 17.0. The minimum absolute atomic E-state index is 0.00822. The van der Waals surface area contributed by atoms with Crippen molar-refractivity contribution in [2.45, 2.75) is 20.4 Å². The van der Waals surface area contributed by atoms with Gasteiger partial charge in [0.25, 0.3) is 0 Å². The van der Waals surface area contributed by atoms with Crippen LogP contribution in [0.1, 0.15) is 15.4 Å². The quantitative estimate of drug-likeness (QED) is 0.679. The SMILES string of the molecule is Cc1ccc([N+](=O)[O-])c(NCc2ccc(C)s2)n1. The molecule has 2 heterocycles. The maximum atomic E-state index is 10.9. The number of hydrogen-bond donors (Lipinski definition) is 1. The van der Waals surface area contributed by atoms with Crippen LogP contribution in [0.2, 0.25) is 0 Å². The minimum Gasteiger partial charge on any atom is -0.359 e. The second-order valence-corrected chi connectivity index (χ2v) is 5.32. The van der Waals surface area contributed by atoms with E-state index in [0.717, 1.165) is 10.6 Å². The molecule has 0 aromatic carbocycles. The highest BCUT2D eigenvalue weighted by molar-refractivity contribution is 7.11. The number of nitro groups is 1. The van der Waals surface area contributed by atoms with Crippen LogP contribution in [0.4, 0.5) is 11.5 Å². The molecule has 0 aliphatic heterocycles. The molecule has 0 aliphatic rings. The van der Waals surface area contributed by atoms with E-state index in [1.54, 1.807) is 17.4 Å². The zero-order valence-electron chi connectivity index (χ0n) is 10.1. The molecule has 0 fully saturated rings. The second kappa shape index (κ2) is 5.14. The lowest BCUT2D eigenvalue weighted by Gasteiger charge is -2.05. The number of nitrogens with zero attached hydrogens (tertiary/aromatic N) is 2. The van der Waals surface area contributed by atoms with Crippen LogP contribution in [0.15, 0.2) is 24.3 Å². The first-order valence-electron chi connectivity index (χ1n) is 5.47. The Hall–Kier alpha value is -1.95. The van der Waals surface area contributed by atoms with E-state index in [4.69, 9.17) is 0 Å². The van der Waals surface area contributed by atoms with Gasteiger partial charge in [0.05, 0.1) is 11.5 Å². The molecule has 6 heteroatoms. The summed E-state index contributed by atoms with van der Waals surface area (Å²) in [5, 5.41) is 13.9. The zero-order chi connectivity index (χ0) is 13.1. The van der Waals surface area contributed by atoms with E-state index in [2.05, 4.69) is 10.3 Å². The van der Waals surface area contributed by atoms with Crippen molar-refractivity contribution >= 4 is 22.8 Å². The van der Waals surface area contributed by atoms with Crippen molar-refractivity contribution in [3.8, 4) is 0 Å². The summed E-state index contributed by atoms with van der Waals surface area (Å²) in [7, 11) is 0. The predicted octanol–water partition coefficient (Wildman–Crippen LogP) is 3.28. The fourth-order valence-electron chi connectivity index (χ4n) is 1.58. The van der Waals surface area contributed by atoms with Gasteiger partial charge in [0, 0.05) is 21.5 Å². The van der Waals surface area contributed by atoms with Crippen molar-refractivity contribution < 1.29 is 4.92 Å². The van der Waals surface area contributed by atoms with Crippen LogP contribution in [0.3, 0.4) is 0 Å². The third-order valence-corrected chi connectivity index (χ3v) is 3.44. The Bertz CT molecular complexity index is 580. The predicted molar refractivity (Wildman–Crippen MR) is 72.0 cm³/mol. The van der Waals surface area contributed by atoms with Crippen LogP contribution in [-0.2, 0) is 6.54 Å². The van der Waals surface area contributed by atoms with Gasteiger partial charge in [-0.25, -0.2) is 4.98 Å². The maximum absolute atomic E-state index is 10.9. The van der Waals surface area contributed by atoms with E-state index >= 15 is 0 Å². The molecule has 0 aliphatic carbocycles. The summed E-state index contributed by atoms with van der Waals surface area (Å²) in [5.74, 6) is 0.325. The summed E-state index contributed by atoms with van der Waals surface area (Å²) >= 11 is 1.67. The third kappa shape index (κ3) is 2.84. The number of anilines is 1. The van der Waals surface area contributed by atoms with Crippen molar-refractivity contribution in [3.63, 3.8) is 0 Å². The molecule has 2 aromatic rings. The molecule has 18 heavy (non-hydrogen) atoms. The van der Waals surface area contributed by atoms with Crippen molar-refractivity contribution in [3.05, 3.63) is 49.8 Å². The molecular weight excluding hydrogens is 250 g/mol. The lowest BCUT2D eigenvalue weighted by atomic mass is 10.3. The van der Waals surface area contributed by atoms with Crippen LogP contribution < -0.4 is 5.32 Å². The second-order valence-electron chi connectivity index (χ2n) is 3.94. The number of thiophene rings is 1. The summed E-state index contributed by atoms with van der Waals surface area (Å²) in [6.45, 7) is 4.39. The van der Waals surface area contributed by atoms with Crippen molar-refractivity contribution in [2.24, 2.45) is 0 Å². The van der Waals surface area contributed by atoms with Crippen LogP contribution in [0, 0.1) is 24.0 Å². The largest absolute Gasteiger partial charge is 0.359 e. The van der Waals surface area contributed by atoms with Crippen molar-refractivity contribution in [1.29, 1.82) is 0 Å². The van der Waals surface area contributed by atoms with E-state index in [0.29, 0.717) is 12.4 Å². The molecule has 0 radical (unpaired) electrons. The lowest BCUT2D eigenvalue weighted by Crippen LogP contribution is -2.04. The molecule has 5 nitrogen and oxygen atoms in total. The van der Waals surface area contributed by atoms with Gasteiger partial charge < -0.3 is 5.32 Å². The van der Waals surface area contributed by atoms with Gasteiger partial charge in [0.1, 0.15) is 0 Å². The highest BCUT2D eigenvalue weighted by Crippen LogP contribution is 2.23. The van der Waals surface area contributed by atoms with Crippen LogP contribution in [0.25, 0.3) is 0 Å². The van der Waals surface area contributed by atoms with E-state index in [1.807, 2.05) is 26.0 Å². The average molecular weight is 263 g/mol. The first-order valence-corrected chi connectivity index (χ1v) is 6.29. The van der Waals surface area contributed by atoms with Gasteiger partial charge in [-0.05, 0) is 32.0 Å². The standard InChI is InChI=1S/C12H13N3O2S/c1-8-3-6-11(15(16)17)12(14-8)13-7-10-5-4-9(2)18-10/h3-6H,7H2,1-2H3,(H,13,14). The Morgan fingerprint density at radius 3 is 2.72 bits per heavy atom. The summed E-state index contributed by atoms with van der Waals surface area (Å²) in [5.41, 5.74) is 0.763. The normalized spacial score (nSPS) is 10.3. The molecular formula is C12H13N3O2S. The number of rotatable bonds is 4. The number of aryl methyl sites for hydroxylation is 2. The van der Waals surface area contributed by atoms with Gasteiger partial charge in [-0.1, -0.05) is 0 Å². The molecule has 2 rings (SSSR count). The molecule has 0 amide bonds.